The molecule has 2 atom stereocenters. The van der Waals surface area contributed by atoms with Crippen molar-refractivity contribution < 1.29 is 13.2 Å². The molecule has 1 amide bonds. The van der Waals surface area contributed by atoms with Crippen LogP contribution in [0.5, 0.6) is 0 Å². The standard InChI is InChI=1S/C17H24N2O3S/c1-13-3-5-15(6-4-13)19-9-7-16(17(19)20)18(2)11-14-8-10-23(21,22)12-14/h3-6,14,16H,7-12H2,1-2H3. The number of nitrogens with zero attached hydrogens (tertiary/aromatic N) is 2. The van der Waals surface area contributed by atoms with E-state index in [1.54, 1.807) is 0 Å². The molecule has 23 heavy (non-hydrogen) atoms. The van der Waals surface area contributed by atoms with Crippen molar-refractivity contribution in [3.8, 4) is 0 Å². The van der Waals surface area contributed by atoms with Gasteiger partial charge in [0.25, 0.3) is 0 Å². The lowest BCUT2D eigenvalue weighted by molar-refractivity contribution is -0.121. The molecule has 0 spiro atoms. The summed E-state index contributed by atoms with van der Waals surface area (Å²) in [5.74, 6) is 0.836. The van der Waals surface area contributed by atoms with Gasteiger partial charge in [0.1, 0.15) is 0 Å². The summed E-state index contributed by atoms with van der Waals surface area (Å²) in [7, 11) is -0.921. The van der Waals surface area contributed by atoms with Gasteiger partial charge in [-0.25, -0.2) is 8.42 Å². The van der Waals surface area contributed by atoms with Crippen LogP contribution in [0.4, 0.5) is 5.69 Å². The molecule has 126 valence electrons. The second kappa shape index (κ2) is 6.24. The topological polar surface area (TPSA) is 57.7 Å². The van der Waals surface area contributed by atoms with E-state index >= 15 is 0 Å². The van der Waals surface area contributed by atoms with Crippen LogP contribution < -0.4 is 4.90 Å². The minimum absolute atomic E-state index is 0.122. The molecule has 1 aromatic rings. The number of sulfone groups is 1. The smallest absolute Gasteiger partial charge is 0.244 e. The Morgan fingerprint density at radius 2 is 1.91 bits per heavy atom. The predicted octanol–water partition coefficient (Wildman–Crippen LogP) is 1.47. The summed E-state index contributed by atoms with van der Waals surface area (Å²) < 4.78 is 23.2. The molecule has 2 unspecified atom stereocenters. The van der Waals surface area contributed by atoms with Crippen molar-refractivity contribution in [2.24, 2.45) is 5.92 Å². The molecule has 6 heteroatoms. The first-order valence-corrected chi connectivity index (χ1v) is 9.96. The van der Waals surface area contributed by atoms with E-state index in [1.807, 2.05) is 48.0 Å². The molecule has 2 aliphatic heterocycles. The first-order valence-electron chi connectivity index (χ1n) is 8.14. The number of rotatable bonds is 4. The summed E-state index contributed by atoms with van der Waals surface area (Å²) in [6.07, 6.45) is 1.51. The number of hydrogen-bond donors (Lipinski definition) is 0. The highest BCUT2D eigenvalue weighted by Gasteiger charge is 2.37. The highest BCUT2D eigenvalue weighted by Crippen LogP contribution is 2.26. The van der Waals surface area contributed by atoms with Crippen molar-refractivity contribution in [2.45, 2.75) is 25.8 Å². The van der Waals surface area contributed by atoms with Crippen molar-refractivity contribution in [1.82, 2.24) is 4.90 Å². The summed E-state index contributed by atoms with van der Waals surface area (Å²) in [6.45, 7) is 3.43. The number of amides is 1. The predicted molar refractivity (Wildman–Crippen MR) is 91.3 cm³/mol. The van der Waals surface area contributed by atoms with Gasteiger partial charge in [0.15, 0.2) is 9.84 Å². The highest BCUT2D eigenvalue weighted by molar-refractivity contribution is 7.91. The van der Waals surface area contributed by atoms with E-state index in [-0.39, 0.29) is 23.6 Å². The zero-order valence-corrected chi connectivity index (χ0v) is 14.6. The SMILES string of the molecule is Cc1ccc(N2CCC(N(C)CC3CCS(=O)(=O)C3)C2=O)cc1. The fourth-order valence-electron chi connectivity index (χ4n) is 3.61. The highest BCUT2D eigenvalue weighted by atomic mass is 32.2. The molecule has 0 aliphatic carbocycles. The first-order chi connectivity index (χ1) is 10.9. The second-order valence-corrected chi connectivity index (χ2v) is 9.07. The number of carbonyl (C=O) groups excluding carboxylic acids is 1. The number of carbonyl (C=O) groups is 1. The van der Waals surface area contributed by atoms with Crippen molar-refractivity contribution in [3.63, 3.8) is 0 Å². The van der Waals surface area contributed by atoms with Gasteiger partial charge in [-0.2, -0.15) is 0 Å². The molecular weight excluding hydrogens is 312 g/mol. The summed E-state index contributed by atoms with van der Waals surface area (Å²) in [6, 6.07) is 7.87. The molecule has 3 rings (SSSR count). The van der Waals surface area contributed by atoms with Crippen molar-refractivity contribution in [2.75, 3.05) is 36.5 Å². The number of hydrogen-bond acceptors (Lipinski definition) is 4. The van der Waals surface area contributed by atoms with Crippen LogP contribution in [0.3, 0.4) is 0 Å². The van der Waals surface area contributed by atoms with Crippen molar-refractivity contribution in [1.29, 1.82) is 0 Å². The molecule has 0 N–H and O–H groups in total. The van der Waals surface area contributed by atoms with Gasteiger partial charge >= 0.3 is 0 Å². The Labute approximate surface area is 138 Å². The number of aryl methyl sites for hydroxylation is 1. The molecule has 2 aliphatic rings. The molecule has 2 saturated heterocycles. The van der Waals surface area contributed by atoms with Crippen LogP contribution >= 0.6 is 0 Å². The van der Waals surface area contributed by atoms with E-state index in [0.29, 0.717) is 12.3 Å². The summed E-state index contributed by atoms with van der Waals surface area (Å²) in [5.41, 5.74) is 2.12. The minimum atomic E-state index is -2.86. The largest absolute Gasteiger partial charge is 0.311 e. The zero-order chi connectivity index (χ0) is 16.6. The van der Waals surface area contributed by atoms with Crippen LogP contribution in [0.25, 0.3) is 0 Å². The van der Waals surface area contributed by atoms with Crippen molar-refractivity contribution >= 4 is 21.4 Å². The average Bonchev–Trinajstić information content (AvgIpc) is 3.02. The quantitative estimate of drug-likeness (QED) is 0.835. The van der Waals surface area contributed by atoms with E-state index in [4.69, 9.17) is 0 Å². The molecule has 5 nitrogen and oxygen atoms in total. The van der Waals surface area contributed by atoms with Crippen LogP contribution in [0, 0.1) is 12.8 Å². The summed E-state index contributed by atoms with van der Waals surface area (Å²) in [5, 5.41) is 0. The fourth-order valence-corrected chi connectivity index (χ4v) is 5.45. The zero-order valence-electron chi connectivity index (χ0n) is 13.7. The van der Waals surface area contributed by atoms with Gasteiger partial charge in [-0.3, -0.25) is 9.69 Å². The number of likely N-dealkylation sites (N-methyl/N-ethyl adjacent to an activating group) is 1. The lowest BCUT2D eigenvalue weighted by atomic mass is 10.1. The van der Waals surface area contributed by atoms with Gasteiger partial charge in [0, 0.05) is 18.8 Å². The number of benzene rings is 1. The Balaban J connectivity index is 1.63. The molecule has 1 aromatic carbocycles. The minimum Gasteiger partial charge on any atom is -0.311 e. The van der Waals surface area contributed by atoms with Gasteiger partial charge in [0.2, 0.25) is 5.91 Å². The van der Waals surface area contributed by atoms with Gasteiger partial charge in [-0.05, 0) is 44.9 Å². The van der Waals surface area contributed by atoms with Gasteiger partial charge in [0.05, 0.1) is 17.5 Å². The van der Waals surface area contributed by atoms with Crippen molar-refractivity contribution in [3.05, 3.63) is 29.8 Å². The molecule has 0 aromatic heterocycles. The fraction of sp³-hybridized carbons (Fsp3) is 0.588. The maximum absolute atomic E-state index is 12.7. The molecule has 0 radical (unpaired) electrons. The van der Waals surface area contributed by atoms with Crippen LogP contribution in [0.15, 0.2) is 24.3 Å². The van der Waals surface area contributed by atoms with E-state index in [2.05, 4.69) is 0 Å². The van der Waals surface area contributed by atoms with E-state index < -0.39 is 9.84 Å². The third kappa shape index (κ3) is 3.58. The third-order valence-corrected chi connectivity index (χ3v) is 6.76. The Morgan fingerprint density at radius 1 is 1.22 bits per heavy atom. The van der Waals surface area contributed by atoms with Crippen LogP contribution in [-0.2, 0) is 14.6 Å². The van der Waals surface area contributed by atoms with Crippen LogP contribution in [-0.4, -0.2) is 56.9 Å². The molecular formula is C17H24N2O3S. The average molecular weight is 336 g/mol. The maximum atomic E-state index is 12.7. The Kier molecular flexibility index (Phi) is 4.47. The monoisotopic (exact) mass is 336 g/mol. The molecule has 2 fully saturated rings. The van der Waals surface area contributed by atoms with Gasteiger partial charge < -0.3 is 4.90 Å². The normalized spacial score (nSPS) is 27.1. The molecule has 0 saturated carbocycles. The Morgan fingerprint density at radius 3 is 2.52 bits per heavy atom. The maximum Gasteiger partial charge on any atom is 0.244 e. The molecule has 2 heterocycles. The first kappa shape index (κ1) is 16.5. The summed E-state index contributed by atoms with van der Waals surface area (Å²) >= 11 is 0. The van der Waals surface area contributed by atoms with Crippen LogP contribution in [0.1, 0.15) is 18.4 Å². The Hall–Kier alpha value is -1.40. The second-order valence-electron chi connectivity index (χ2n) is 6.84. The van der Waals surface area contributed by atoms with Gasteiger partial charge in [-0.1, -0.05) is 17.7 Å². The lowest BCUT2D eigenvalue weighted by Crippen LogP contribution is -2.42. The summed E-state index contributed by atoms with van der Waals surface area (Å²) in [4.78, 5) is 16.6. The number of anilines is 1. The van der Waals surface area contributed by atoms with Gasteiger partial charge in [-0.15, -0.1) is 0 Å². The molecule has 0 bridgehead atoms. The third-order valence-electron chi connectivity index (χ3n) is 4.93. The Bertz CT molecular complexity index is 684. The lowest BCUT2D eigenvalue weighted by Gasteiger charge is -2.26. The van der Waals surface area contributed by atoms with E-state index in [1.165, 1.54) is 5.56 Å². The van der Waals surface area contributed by atoms with Crippen LogP contribution in [0.2, 0.25) is 0 Å². The van der Waals surface area contributed by atoms with E-state index in [0.717, 1.165) is 25.1 Å². The van der Waals surface area contributed by atoms with E-state index in [9.17, 15) is 13.2 Å².